The van der Waals surface area contributed by atoms with Gasteiger partial charge in [-0.1, -0.05) is 25.5 Å². The largest absolute Gasteiger partial charge is 0.508 e. The molecule has 0 radical (unpaired) electrons. The summed E-state index contributed by atoms with van der Waals surface area (Å²) in [5, 5.41) is 11.9. The molecule has 1 aromatic rings. The minimum atomic E-state index is -0.984. The zero-order chi connectivity index (χ0) is 17.5. The molecule has 0 bridgehead atoms. The lowest BCUT2D eigenvalue weighted by Crippen LogP contribution is -2.38. The van der Waals surface area contributed by atoms with E-state index in [1.54, 1.807) is 32.9 Å². The summed E-state index contributed by atoms with van der Waals surface area (Å²) in [6.07, 6.45) is 0.944. The van der Waals surface area contributed by atoms with Crippen molar-refractivity contribution in [2.24, 2.45) is 0 Å². The van der Waals surface area contributed by atoms with E-state index in [4.69, 9.17) is 9.47 Å². The Morgan fingerprint density at radius 3 is 2.35 bits per heavy atom. The highest BCUT2D eigenvalue weighted by atomic mass is 16.6. The highest BCUT2D eigenvalue weighted by molar-refractivity contribution is 5.82. The monoisotopic (exact) mass is 323 g/mol. The molecular weight excluding hydrogens is 298 g/mol. The quantitative estimate of drug-likeness (QED) is 0.620. The summed E-state index contributed by atoms with van der Waals surface area (Å²) in [7, 11) is 0. The lowest BCUT2D eigenvalue weighted by molar-refractivity contribution is -0.146. The Balaban J connectivity index is 2.85. The fraction of sp³-hybridized carbons (Fsp3) is 0.529. The summed E-state index contributed by atoms with van der Waals surface area (Å²) in [5.74, 6) is -0.487. The molecule has 0 aliphatic heterocycles. The summed E-state index contributed by atoms with van der Waals surface area (Å²) in [4.78, 5) is 24.2. The number of hydrogen-bond acceptors (Lipinski definition) is 5. The Bertz CT molecular complexity index is 519. The number of unbranched alkanes of at least 4 members (excludes halogenated alkanes) is 1. The molecule has 1 atom stereocenters. The molecule has 2 N–H and O–H groups in total. The minimum Gasteiger partial charge on any atom is -0.508 e. The van der Waals surface area contributed by atoms with Crippen molar-refractivity contribution < 1.29 is 24.2 Å². The molecule has 0 aliphatic rings. The lowest BCUT2D eigenvalue weighted by Gasteiger charge is -2.23. The first-order chi connectivity index (χ1) is 10.7. The van der Waals surface area contributed by atoms with Crippen LogP contribution < -0.4 is 5.32 Å². The molecule has 0 aliphatic carbocycles. The van der Waals surface area contributed by atoms with Crippen molar-refractivity contribution in [2.45, 2.75) is 52.2 Å². The maximum Gasteiger partial charge on any atom is 0.408 e. The van der Waals surface area contributed by atoms with E-state index in [0.717, 1.165) is 12.8 Å². The van der Waals surface area contributed by atoms with Gasteiger partial charge in [0.05, 0.1) is 6.61 Å². The van der Waals surface area contributed by atoms with Gasteiger partial charge < -0.3 is 19.9 Å². The molecule has 0 fully saturated rings. The van der Waals surface area contributed by atoms with E-state index in [1.165, 1.54) is 12.1 Å². The molecule has 1 unspecified atom stereocenters. The molecule has 0 saturated heterocycles. The molecule has 1 aromatic carbocycles. The summed E-state index contributed by atoms with van der Waals surface area (Å²) >= 11 is 0. The van der Waals surface area contributed by atoms with E-state index in [0.29, 0.717) is 12.2 Å². The molecule has 1 rings (SSSR count). The van der Waals surface area contributed by atoms with Crippen LogP contribution in [0.2, 0.25) is 0 Å². The summed E-state index contributed by atoms with van der Waals surface area (Å²) in [5.41, 5.74) is -0.162. The zero-order valence-electron chi connectivity index (χ0n) is 14.1. The van der Waals surface area contributed by atoms with Crippen LogP contribution in [-0.4, -0.2) is 29.4 Å². The van der Waals surface area contributed by atoms with Crippen molar-refractivity contribution in [3.05, 3.63) is 29.8 Å². The van der Waals surface area contributed by atoms with Crippen molar-refractivity contribution >= 4 is 12.1 Å². The van der Waals surface area contributed by atoms with Gasteiger partial charge in [0.25, 0.3) is 0 Å². The molecule has 6 heteroatoms. The first kappa shape index (κ1) is 18.8. The van der Waals surface area contributed by atoms with Gasteiger partial charge in [0.2, 0.25) is 0 Å². The van der Waals surface area contributed by atoms with Gasteiger partial charge in [0.15, 0.2) is 6.04 Å². The second-order valence-electron chi connectivity index (χ2n) is 6.19. The summed E-state index contributed by atoms with van der Waals surface area (Å²) in [6, 6.07) is 5.01. The van der Waals surface area contributed by atoms with Crippen LogP contribution >= 0.6 is 0 Å². The third kappa shape index (κ3) is 7.04. The maximum absolute atomic E-state index is 12.2. The number of ether oxygens (including phenoxy) is 2. The van der Waals surface area contributed by atoms with Gasteiger partial charge in [-0.25, -0.2) is 9.59 Å². The van der Waals surface area contributed by atoms with Crippen molar-refractivity contribution in [3.8, 4) is 5.75 Å². The number of carbonyl (C=O) groups excluding carboxylic acids is 2. The number of esters is 1. The number of rotatable bonds is 6. The maximum atomic E-state index is 12.2. The topological polar surface area (TPSA) is 84.9 Å². The molecule has 0 spiro atoms. The second-order valence-corrected chi connectivity index (χ2v) is 6.19. The van der Waals surface area contributed by atoms with Gasteiger partial charge in [-0.2, -0.15) is 0 Å². The van der Waals surface area contributed by atoms with Crippen LogP contribution in [0, 0.1) is 0 Å². The smallest absolute Gasteiger partial charge is 0.408 e. The van der Waals surface area contributed by atoms with Crippen LogP contribution in [0.4, 0.5) is 4.79 Å². The third-order valence-corrected chi connectivity index (χ3v) is 2.87. The number of alkyl carbamates (subject to hydrolysis) is 1. The average Bonchev–Trinajstić information content (AvgIpc) is 2.44. The van der Waals surface area contributed by atoms with Crippen molar-refractivity contribution in [3.63, 3.8) is 0 Å². The van der Waals surface area contributed by atoms with Gasteiger partial charge in [-0.15, -0.1) is 0 Å². The van der Waals surface area contributed by atoms with E-state index in [1.807, 2.05) is 6.92 Å². The normalized spacial score (nSPS) is 12.3. The Labute approximate surface area is 136 Å². The summed E-state index contributed by atoms with van der Waals surface area (Å²) in [6.45, 7) is 7.50. The van der Waals surface area contributed by atoms with Gasteiger partial charge in [-0.3, -0.25) is 0 Å². The predicted octanol–water partition coefficient (Wildman–Crippen LogP) is 3.30. The lowest BCUT2D eigenvalue weighted by atomic mass is 10.1. The van der Waals surface area contributed by atoms with Crippen LogP contribution in [0.15, 0.2) is 24.3 Å². The van der Waals surface area contributed by atoms with E-state index in [9.17, 15) is 14.7 Å². The molecular formula is C17H25NO5. The van der Waals surface area contributed by atoms with Crippen LogP contribution in [-0.2, 0) is 14.3 Å². The number of aromatic hydroxyl groups is 1. The van der Waals surface area contributed by atoms with E-state index >= 15 is 0 Å². The molecule has 1 amide bonds. The first-order valence-electron chi connectivity index (χ1n) is 7.68. The summed E-state index contributed by atoms with van der Waals surface area (Å²) < 4.78 is 10.4. The van der Waals surface area contributed by atoms with Crippen molar-refractivity contribution in [2.75, 3.05) is 6.61 Å². The molecule has 0 heterocycles. The Morgan fingerprint density at radius 2 is 1.83 bits per heavy atom. The van der Waals surface area contributed by atoms with Crippen LogP contribution in [0.3, 0.4) is 0 Å². The first-order valence-corrected chi connectivity index (χ1v) is 7.68. The molecule has 0 saturated carbocycles. The zero-order valence-corrected chi connectivity index (χ0v) is 14.1. The van der Waals surface area contributed by atoms with Crippen molar-refractivity contribution in [1.29, 1.82) is 0 Å². The van der Waals surface area contributed by atoms with Crippen molar-refractivity contribution in [1.82, 2.24) is 5.32 Å². The number of hydrogen-bond donors (Lipinski definition) is 2. The number of nitrogens with one attached hydrogen (secondary N) is 1. The molecule has 6 nitrogen and oxygen atoms in total. The number of phenols is 1. The predicted molar refractivity (Wildman–Crippen MR) is 86.1 cm³/mol. The van der Waals surface area contributed by atoms with Crippen LogP contribution in [0.5, 0.6) is 5.75 Å². The standard InChI is InChI=1S/C17H25NO5/c1-5-6-11-22-15(20)14(12-7-9-13(19)10-8-12)18-16(21)23-17(2,3)4/h7-10,14,19H,5-6,11H2,1-4H3,(H,18,21). The van der Waals surface area contributed by atoms with Crippen LogP contribution in [0.25, 0.3) is 0 Å². The van der Waals surface area contributed by atoms with E-state index in [-0.39, 0.29) is 5.75 Å². The fourth-order valence-corrected chi connectivity index (χ4v) is 1.77. The van der Waals surface area contributed by atoms with Crippen LogP contribution in [0.1, 0.15) is 52.1 Å². The second kappa shape index (κ2) is 8.41. The Kier molecular flexibility index (Phi) is 6.88. The average molecular weight is 323 g/mol. The number of amides is 1. The van der Waals surface area contributed by atoms with Gasteiger partial charge in [0.1, 0.15) is 11.4 Å². The molecule has 0 aromatic heterocycles. The fourth-order valence-electron chi connectivity index (χ4n) is 1.77. The molecule has 23 heavy (non-hydrogen) atoms. The SMILES string of the molecule is CCCCOC(=O)C(NC(=O)OC(C)(C)C)c1ccc(O)cc1. The molecule has 128 valence electrons. The Morgan fingerprint density at radius 1 is 1.22 bits per heavy atom. The van der Waals surface area contributed by atoms with E-state index in [2.05, 4.69) is 5.32 Å². The van der Waals surface area contributed by atoms with E-state index < -0.39 is 23.7 Å². The minimum absolute atomic E-state index is 0.0733. The van der Waals surface area contributed by atoms with Gasteiger partial charge in [-0.05, 0) is 44.9 Å². The Hall–Kier alpha value is -2.24. The van der Waals surface area contributed by atoms with Gasteiger partial charge >= 0.3 is 12.1 Å². The third-order valence-electron chi connectivity index (χ3n) is 2.87. The highest BCUT2D eigenvalue weighted by Gasteiger charge is 2.27. The van der Waals surface area contributed by atoms with Gasteiger partial charge in [0, 0.05) is 0 Å². The number of carbonyl (C=O) groups is 2. The number of benzene rings is 1. The highest BCUT2D eigenvalue weighted by Crippen LogP contribution is 2.19. The number of phenolic OH excluding ortho intramolecular Hbond substituents is 1.